The standard InChI is InChI=1S/C18H19NOSi/c1-21(2,16-9-4-3-5-10-16)13-12-18(20)17-11-7-6-8-15(17)14-19/h3-11H,12-13H2,1-2H3. The van der Waals surface area contributed by atoms with Gasteiger partial charge in [-0.3, -0.25) is 4.79 Å². The Labute approximate surface area is 127 Å². The lowest BCUT2D eigenvalue weighted by Crippen LogP contribution is -2.41. The Kier molecular flexibility index (Phi) is 4.72. The minimum Gasteiger partial charge on any atom is -0.294 e. The quantitative estimate of drug-likeness (QED) is 0.622. The molecule has 2 aromatic rings. The molecule has 0 aromatic heterocycles. The SMILES string of the molecule is C[Si](C)(CCC(=O)c1ccccc1C#N)c1ccccc1. The minimum absolute atomic E-state index is 0.0728. The third kappa shape index (κ3) is 3.68. The molecule has 0 aliphatic heterocycles. The summed E-state index contributed by atoms with van der Waals surface area (Å²) in [7, 11) is -1.61. The van der Waals surface area contributed by atoms with Crippen LogP contribution in [0.3, 0.4) is 0 Å². The van der Waals surface area contributed by atoms with Crippen molar-refractivity contribution in [1.82, 2.24) is 0 Å². The van der Waals surface area contributed by atoms with Crippen molar-refractivity contribution >= 4 is 19.0 Å². The van der Waals surface area contributed by atoms with E-state index in [1.54, 1.807) is 18.2 Å². The molecule has 0 spiro atoms. The second kappa shape index (κ2) is 6.51. The molecule has 2 aromatic carbocycles. The van der Waals surface area contributed by atoms with Crippen LogP contribution >= 0.6 is 0 Å². The third-order valence-corrected chi connectivity index (χ3v) is 7.28. The highest BCUT2D eigenvalue weighted by Crippen LogP contribution is 2.17. The number of ketones is 1. The van der Waals surface area contributed by atoms with Gasteiger partial charge in [0, 0.05) is 12.0 Å². The zero-order chi connectivity index (χ0) is 15.3. The molecule has 0 saturated heterocycles. The molecule has 0 bridgehead atoms. The summed E-state index contributed by atoms with van der Waals surface area (Å²) in [5.74, 6) is 0.0728. The van der Waals surface area contributed by atoms with Gasteiger partial charge in [0.25, 0.3) is 0 Å². The van der Waals surface area contributed by atoms with Crippen LogP contribution < -0.4 is 5.19 Å². The molecule has 0 N–H and O–H groups in total. The maximum absolute atomic E-state index is 12.4. The van der Waals surface area contributed by atoms with Gasteiger partial charge in [0.15, 0.2) is 5.78 Å². The Morgan fingerprint density at radius 1 is 1.05 bits per heavy atom. The molecule has 0 aliphatic carbocycles. The molecule has 0 atom stereocenters. The van der Waals surface area contributed by atoms with Crippen LogP contribution in [0, 0.1) is 11.3 Å². The van der Waals surface area contributed by atoms with Crippen LogP contribution in [-0.2, 0) is 0 Å². The van der Waals surface area contributed by atoms with E-state index in [0.717, 1.165) is 6.04 Å². The van der Waals surface area contributed by atoms with Crippen LogP contribution in [0.15, 0.2) is 54.6 Å². The highest BCUT2D eigenvalue weighted by atomic mass is 28.3. The molecular weight excluding hydrogens is 274 g/mol. The molecule has 3 heteroatoms. The number of hydrogen-bond acceptors (Lipinski definition) is 2. The van der Waals surface area contributed by atoms with Gasteiger partial charge in [-0.25, -0.2) is 0 Å². The van der Waals surface area contributed by atoms with Crippen molar-refractivity contribution < 1.29 is 4.79 Å². The van der Waals surface area contributed by atoms with Crippen molar-refractivity contribution in [3.05, 3.63) is 65.7 Å². The summed E-state index contributed by atoms with van der Waals surface area (Å²) < 4.78 is 0. The molecule has 0 fully saturated rings. The summed E-state index contributed by atoms with van der Waals surface area (Å²) in [5.41, 5.74) is 1.03. The van der Waals surface area contributed by atoms with Gasteiger partial charge in [-0.05, 0) is 12.1 Å². The fourth-order valence-corrected chi connectivity index (χ4v) is 4.65. The number of carbonyl (C=O) groups excluding carboxylic acids is 1. The predicted molar refractivity (Wildman–Crippen MR) is 88.5 cm³/mol. The predicted octanol–water partition coefficient (Wildman–Crippen LogP) is 3.75. The second-order valence-electron chi connectivity index (χ2n) is 5.83. The number of nitriles is 1. The van der Waals surface area contributed by atoms with E-state index in [2.05, 4.69) is 43.4 Å². The molecule has 0 saturated carbocycles. The van der Waals surface area contributed by atoms with Crippen molar-refractivity contribution in [2.75, 3.05) is 0 Å². The largest absolute Gasteiger partial charge is 0.294 e. The average molecular weight is 293 g/mol. The first kappa shape index (κ1) is 15.2. The molecule has 2 nitrogen and oxygen atoms in total. The van der Waals surface area contributed by atoms with Gasteiger partial charge in [-0.1, -0.05) is 66.8 Å². The van der Waals surface area contributed by atoms with Crippen LogP contribution in [0.1, 0.15) is 22.3 Å². The molecular formula is C18H19NOSi. The van der Waals surface area contributed by atoms with Gasteiger partial charge in [0.1, 0.15) is 0 Å². The Morgan fingerprint density at radius 2 is 1.67 bits per heavy atom. The fourth-order valence-electron chi connectivity index (χ4n) is 2.42. The average Bonchev–Trinajstić information content (AvgIpc) is 2.53. The summed E-state index contributed by atoms with van der Waals surface area (Å²) in [4.78, 5) is 12.4. The van der Waals surface area contributed by atoms with E-state index in [9.17, 15) is 4.79 Å². The topological polar surface area (TPSA) is 40.9 Å². The number of benzene rings is 2. The van der Waals surface area contributed by atoms with Gasteiger partial charge in [0.05, 0.1) is 19.7 Å². The molecule has 106 valence electrons. The van der Waals surface area contributed by atoms with E-state index < -0.39 is 8.07 Å². The lowest BCUT2D eigenvalue weighted by Gasteiger charge is -2.22. The second-order valence-corrected chi connectivity index (χ2v) is 10.7. The van der Waals surface area contributed by atoms with Gasteiger partial charge < -0.3 is 0 Å². The smallest absolute Gasteiger partial charge is 0.163 e. The van der Waals surface area contributed by atoms with Gasteiger partial charge in [-0.2, -0.15) is 5.26 Å². The molecule has 21 heavy (non-hydrogen) atoms. The first-order chi connectivity index (χ1) is 10.0. The highest BCUT2D eigenvalue weighted by molar-refractivity contribution is 6.89. The molecule has 0 unspecified atom stereocenters. The van der Waals surface area contributed by atoms with Crippen LogP contribution in [-0.4, -0.2) is 13.9 Å². The molecule has 2 rings (SSSR count). The normalized spacial score (nSPS) is 10.9. The highest BCUT2D eigenvalue weighted by Gasteiger charge is 2.24. The van der Waals surface area contributed by atoms with E-state index in [0.29, 0.717) is 17.5 Å². The number of rotatable bonds is 5. The molecule has 0 heterocycles. The van der Waals surface area contributed by atoms with E-state index in [1.165, 1.54) is 5.19 Å². The number of carbonyl (C=O) groups is 1. The van der Waals surface area contributed by atoms with Crippen LogP contribution in [0.2, 0.25) is 19.1 Å². The van der Waals surface area contributed by atoms with Crippen LogP contribution in [0.5, 0.6) is 0 Å². The van der Waals surface area contributed by atoms with E-state index in [1.807, 2.05) is 12.1 Å². The fraction of sp³-hybridized carbons (Fsp3) is 0.222. The molecule has 0 amide bonds. The Morgan fingerprint density at radius 3 is 2.33 bits per heavy atom. The van der Waals surface area contributed by atoms with Gasteiger partial charge in [-0.15, -0.1) is 0 Å². The third-order valence-electron chi connectivity index (χ3n) is 3.88. The van der Waals surface area contributed by atoms with Crippen LogP contribution in [0.4, 0.5) is 0 Å². The summed E-state index contributed by atoms with van der Waals surface area (Å²) in [6, 6.07) is 20.5. The minimum atomic E-state index is -1.61. The van der Waals surface area contributed by atoms with E-state index in [4.69, 9.17) is 5.26 Å². The van der Waals surface area contributed by atoms with Crippen molar-refractivity contribution in [1.29, 1.82) is 5.26 Å². The number of hydrogen-bond donors (Lipinski definition) is 0. The van der Waals surface area contributed by atoms with Crippen molar-refractivity contribution in [2.24, 2.45) is 0 Å². The summed E-state index contributed by atoms with van der Waals surface area (Å²) in [6.45, 7) is 4.57. The summed E-state index contributed by atoms with van der Waals surface area (Å²) in [5, 5.41) is 10.4. The number of Topliss-reactive ketones (excluding diaryl/α,β-unsaturated/α-hetero) is 1. The van der Waals surface area contributed by atoms with Crippen molar-refractivity contribution in [2.45, 2.75) is 25.6 Å². The van der Waals surface area contributed by atoms with Crippen molar-refractivity contribution in [3.8, 4) is 6.07 Å². The van der Waals surface area contributed by atoms with Crippen LogP contribution in [0.25, 0.3) is 0 Å². The molecule has 0 aliphatic rings. The Hall–Kier alpha value is -2.18. The Balaban J connectivity index is 2.09. The Bertz CT molecular complexity index is 671. The lowest BCUT2D eigenvalue weighted by molar-refractivity contribution is 0.0987. The van der Waals surface area contributed by atoms with Gasteiger partial charge in [0.2, 0.25) is 0 Å². The van der Waals surface area contributed by atoms with Gasteiger partial charge >= 0.3 is 0 Å². The summed E-state index contributed by atoms with van der Waals surface area (Å²) in [6.07, 6.45) is 0.507. The lowest BCUT2D eigenvalue weighted by atomic mass is 10.0. The summed E-state index contributed by atoms with van der Waals surface area (Å²) >= 11 is 0. The first-order valence-electron chi connectivity index (χ1n) is 7.12. The van der Waals surface area contributed by atoms with Crippen molar-refractivity contribution in [3.63, 3.8) is 0 Å². The van der Waals surface area contributed by atoms with E-state index >= 15 is 0 Å². The maximum Gasteiger partial charge on any atom is 0.163 e. The zero-order valence-electron chi connectivity index (χ0n) is 12.5. The van der Waals surface area contributed by atoms with E-state index in [-0.39, 0.29) is 5.78 Å². The maximum atomic E-state index is 12.4. The monoisotopic (exact) mass is 293 g/mol. The molecule has 0 radical (unpaired) electrons. The number of nitrogens with zero attached hydrogens (tertiary/aromatic N) is 1. The first-order valence-corrected chi connectivity index (χ1v) is 10.3. The zero-order valence-corrected chi connectivity index (χ0v) is 13.5.